The lowest BCUT2D eigenvalue weighted by molar-refractivity contribution is 0.249. The van der Waals surface area contributed by atoms with Crippen LogP contribution in [0.3, 0.4) is 0 Å². The van der Waals surface area contributed by atoms with E-state index in [-0.39, 0.29) is 0 Å². The van der Waals surface area contributed by atoms with Gasteiger partial charge in [-0.05, 0) is 24.9 Å². The van der Waals surface area contributed by atoms with Crippen LogP contribution in [0, 0.1) is 5.41 Å². The molecule has 0 spiro atoms. The van der Waals surface area contributed by atoms with Crippen LogP contribution in [-0.2, 0) is 13.1 Å². The highest BCUT2D eigenvalue weighted by Crippen LogP contribution is 2.30. The minimum absolute atomic E-state index is 0.314. The monoisotopic (exact) mass is 262 g/mol. The van der Waals surface area contributed by atoms with E-state index in [9.17, 15) is 0 Å². The fourth-order valence-electron chi connectivity index (χ4n) is 2.59. The zero-order chi connectivity index (χ0) is 13.9. The van der Waals surface area contributed by atoms with Gasteiger partial charge in [0.15, 0.2) is 0 Å². The van der Waals surface area contributed by atoms with Gasteiger partial charge in [-0.2, -0.15) is 0 Å². The highest BCUT2D eigenvalue weighted by Gasteiger charge is 2.22. The van der Waals surface area contributed by atoms with E-state index in [1.165, 1.54) is 12.0 Å². The van der Waals surface area contributed by atoms with Gasteiger partial charge in [-0.25, -0.2) is 0 Å². The maximum Gasteiger partial charge on any atom is 0.122 e. The van der Waals surface area contributed by atoms with Gasteiger partial charge in [-0.3, -0.25) is 4.90 Å². The summed E-state index contributed by atoms with van der Waals surface area (Å²) in [4.78, 5) is 2.45. The molecule has 1 N–H and O–H groups in total. The molecule has 0 radical (unpaired) electrons. The molecule has 3 nitrogen and oxygen atoms in total. The lowest BCUT2D eigenvalue weighted by Gasteiger charge is -2.31. The lowest BCUT2D eigenvalue weighted by Crippen LogP contribution is -2.31. The molecule has 0 saturated carbocycles. The molecule has 0 amide bonds. The Kier molecular flexibility index (Phi) is 4.48. The van der Waals surface area contributed by atoms with Crippen molar-refractivity contribution in [2.75, 3.05) is 20.1 Å². The Labute approximate surface area is 116 Å². The van der Waals surface area contributed by atoms with Crippen LogP contribution in [0.15, 0.2) is 28.4 Å². The van der Waals surface area contributed by atoms with Crippen LogP contribution in [0.4, 0.5) is 0 Å². The smallest absolute Gasteiger partial charge is 0.122 e. The lowest BCUT2D eigenvalue weighted by atomic mass is 9.83. The number of nitrogens with one attached hydrogen (secondary N) is 1. The first kappa shape index (κ1) is 14.4. The summed E-state index contributed by atoms with van der Waals surface area (Å²) in [5.74, 6) is 1.10. The van der Waals surface area contributed by atoms with Crippen LogP contribution in [-0.4, -0.2) is 25.0 Å². The van der Waals surface area contributed by atoms with Gasteiger partial charge in [-0.1, -0.05) is 32.4 Å². The maximum atomic E-state index is 5.61. The van der Waals surface area contributed by atoms with E-state index in [1.54, 1.807) is 11.8 Å². The molecule has 0 fully saturated rings. The van der Waals surface area contributed by atoms with Crippen LogP contribution in [0.25, 0.3) is 0 Å². The zero-order valence-electron chi connectivity index (χ0n) is 12.6. The summed E-state index contributed by atoms with van der Waals surface area (Å²) >= 11 is 0. The Bertz CT molecular complexity index is 440. The minimum atomic E-state index is 0.314. The number of furan rings is 1. The van der Waals surface area contributed by atoms with E-state index in [0.29, 0.717) is 5.41 Å². The number of hydrogen-bond acceptors (Lipinski definition) is 3. The zero-order valence-corrected chi connectivity index (χ0v) is 12.6. The van der Waals surface area contributed by atoms with E-state index in [0.717, 1.165) is 31.9 Å². The quantitative estimate of drug-likeness (QED) is 0.845. The van der Waals surface area contributed by atoms with Crippen LogP contribution < -0.4 is 5.32 Å². The molecular formula is C16H26N2O. The molecule has 3 heteroatoms. The molecule has 0 aromatic carbocycles. The van der Waals surface area contributed by atoms with Crippen LogP contribution >= 0.6 is 0 Å². The van der Waals surface area contributed by atoms with Gasteiger partial charge in [0, 0.05) is 25.2 Å². The first-order chi connectivity index (χ1) is 9.00. The van der Waals surface area contributed by atoms with Crippen molar-refractivity contribution in [3.63, 3.8) is 0 Å². The summed E-state index contributed by atoms with van der Waals surface area (Å²) in [6.45, 7) is 10.8. The van der Waals surface area contributed by atoms with Crippen molar-refractivity contribution < 1.29 is 4.42 Å². The molecule has 19 heavy (non-hydrogen) atoms. The number of nitrogens with zero attached hydrogens (tertiary/aromatic N) is 1. The maximum absolute atomic E-state index is 5.61. The minimum Gasteiger partial charge on any atom is -0.468 e. The molecule has 0 unspecified atom stereocenters. The van der Waals surface area contributed by atoms with Crippen LogP contribution in [0.1, 0.15) is 38.5 Å². The SMILES string of the molecule is CNCc1ccoc1CN1CC=C(C(C)(C)C)CC1. The summed E-state index contributed by atoms with van der Waals surface area (Å²) < 4.78 is 5.61. The van der Waals surface area contributed by atoms with Gasteiger partial charge in [-0.15, -0.1) is 0 Å². The van der Waals surface area contributed by atoms with E-state index in [4.69, 9.17) is 4.42 Å². The fraction of sp³-hybridized carbons (Fsp3) is 0.625. The molecule has 2 heterocycles. The number of hydrogen-bond donors (Lipinski definition) is 1. The summed E-state index contributed by atoms with van der Waals surface area (Å²) in [5, 5.41) is 3.18. The standard InChI is InChI=1S/C16H26N2O/c1-16(2,3)14-5-8-18(9-6-14)12-15-13(11-17-4)7-10-19-15/h5,7,10,17H,6,8-9,11-12H2,1-4H3. The third-order valence-corrected chi connectivity index (χ3v) is 3.83. The fourth-order valence-corrected chi connectivity index (χ4v) is 2.59. The Balaban J connectivity index is 1.95. The third kappa shape index (κ3) is 3.71. The summed E-state index contributed by atoms with van der Waals surface area (Å²) in [7, 11) is 1.97. The second kappa shape index (κ2) is 5.93. The molecule has 1 aliphatic rings. The number of rotatable bonds is 4. The van der Waals surface area contributed by atoms with Crippen molar-refractivity contribution in [3.8, 4) is 0 Å². The second-order valence-electron chi connectivity index (χ2n) is 6.36. The van der Waals surface area contributed by atoms with Crippen molar-refractivity contribution in [3.05, 3.63) is 35.3 Å². The van der Waals surface area contributed by atoms with Gasteiger partial charge in [0.25, 0.3) is 0 Å². The molecule has 0 aliphatic carbocycles. The van der Waals surface area contributed by atoms with Crippen molar-refractivity contribution in [1.82, 2.24) is 10.2 Å². The Morgan fingerprint density at radius 1 is 1.37 bits per heavy atom. The normalized spacial score (nSPS) is 17.6. The average Bonchev–Trinajstić information content (AvgIpc) is 2.77. The van der Waals surface area contributed by atoms with Crippen LogP contribution in [0.2, 0.25) is 0 Å². The van der Waals surface area contributed by atoms with Gasteiger partial charge >= 0.3 is 0 Å². The van der Waals surface area contributed by atoms with E-state index in [1.807, 2.05) is 7.05 Å². The van der Waals surface area contributed by atoms with Crippen molar-refractivity contribution >= 4 is 0 Å². The highest BCUT2D eigenvalue weighted by molar-refractivity contribution is 5.18. The Hall–Kier alpha value is -1.06. The van der Waals surface area contributed by atoms with Crippen LogP contribution in [0.5, 0.6) is 0 Å². The third-order valence-electron chi connectivity index (χ3n) is 3.83. The molecule has 1 aromatic rings. The second-order valence-corrected chi connectivity index (χ2v) is 6.36. The van der Waals surface area contributed by atoms with E-state index >= 15 is 0 Å². The molecule has 0 saturated heterocycles. The predicted molar refractivity (Wildman–Crippen MR) is 78.9 cm³/mol. The molecular weight excluding hydrogens is 236 g/mol. The summed E-state index contributed by atoms with van der Waals surface area (Å²) in [5.41, 5.74) is 3.17. The van der Waals surface area contributed by atoms with Gasteiger partial charge in [0.1, 0.15) is 5.76 Å². The molecule has 1 aromatic heterocycles. The molecule has 0 atom stereocenters. The Morgan fingerprint density at radius 2 is 2.16 bits per heavy atom. The first-order valence-electron chi connectivity index (χ1n) is 7.12. The Morgan fingerprint density at radius 3 is 2.74 bits per heavy atom. The molecule has 106 valence electrons. The topological polar surface area (TPSA) is 28.4 Å². The molecule has 1 aliphatic heterocycles. The predicted octanol–water partition coefficient (Wildman–Crippen LogP) is 3.18. The largest absolute Gasteiger partial charge is 0.468 e. The van der Waals surface area contributed by atoms with Gasteiger partial charge < -0.3 is 9.73 Å². The first-order valence-corrected chi connectivity index (χ1v) is 7.12. The van der Waals surface area contributed by atoms with Crippen molar-refractivity contribution in [2.45, 2.75) is 40.3 Å². The molecule has 2 rings (SSSR count). The van der Waals surface area contributed by atoms with Gasteiger partial charge in [0.2, 0.25) is 0 Å². The summed E-state index contributed by atoms with van der Waals surface area (Å²) in [6.07, 6.45) is 5.36. The molecule has 0 bridgehead atoms. The summed E-state index contributed by atoms with van der Waals surface area (Å²) in [6, 6.07) is 2.06. The van der Waals surface area contributed by atoms with E-state index in [2.05, 4.69) is 43.1 Å². The van der Waals surface area contributed by atoms with Crippen molar-refractivity contribution in [1.29, 1.82) is 0 Å². The van der Waals surface area contributed by atoms with Gasteiger partial charge in [0.05, 0.1) is 12.8 Å². The van der Waals surface area contributed by atoms with E-state index < -0.39 is 0 Å². The highest BCUT2D eigenvalue weighted by atomic mass is 16.3. The van der Waals surface area contributed by atoms with Crippen molar-refractivity contribution in [2.24, 2.45) is 5.41 Å². The average molecular weight is 262 g/mol.